The average molecular weight is 1070 g/mol. The van der Waals surface area contributed by atoms with Crippen molar-refractivity contribution in [1.29, 1.82) is 0 Å². The molecule has 2 unspecified atom stereocenters. The van der Waals surface area contributed by atoms with Crippen molar-refractivity contribution in [3.05, 3.63) is 101 Å². The van der Waals surface area contributed by atoms with Crippen LogP contribution >= 0.6 is 0 Å². The maximum absolute atomic E-state index is 14.6. The van der Waals surface area contributed by atoms with Crippen LogP contribution in [0.2, 0.25) is 0 Å². The monoisotopic (exact) mass is 1060 g/mol. The summed E-state index contributed by atoms with van der Waals surface area (Å²) in [5, 5.41) is 15.7. The van der Waals surface area contributed by atoms with E-state index in [1.807, 2.05) is 12.1 Å². The van der Waals surface area contributed by atoms with Gasteiger partial charge >= 0.3 is 24.8 Å². The third kappa shape index (κ3) is 15.6. The Hall–Kier alpha value is -6.47. The van der Waals surface area contributed by atoms with Crippen LogP contribution in [0.15, 0.2) is 77.9 Å². The largest absolute Gasteiger partial charge is 0.469 e. The number of anilines is 1. The SMILES string of the molecule is COC(=O)C[C@H](C(=O)NN(Cc1ccc(C(N)=CC=NC(F)F)cc1)C[C@H](O)[C@@H](CC(=O)[C@@H](NC(=O)OC)C(C)(C)C(F)(F)F)Cc1ccc(C#Cc2ccc(N3CC4CCC(C3)N4C3COC3)nc2)cc1)C(C)(C)C. The van der Waals surface area contributed by atoms with E-state index in [0.717, 1.165) is 72.1 Å². The molecule has 3 fully saturated rings. The van der Waals surface area contributed by atoms with Gasteiger partial charge < -0.3 is 35.3 Å². The van der Waals surface area contributed by atoms with Crippen molar-refractivity contribution < 1.29 is 60.4 Å². The van der Waals surface area contributed by atoms with Gasteiger partial charge in [0, 0.05) is 73.9 Å². The number of amides is 2. The number of piperazine rings is 1. The number of ether oxygens (including phenoxy) is 3. The minimum atomic E-state index is -4.97. The van der Waals surface area contributed by atoms with Crippen molar-refractivity contribution in [1.82, 2.24) is 25.6 Å². The number of rotatable bonds is 21. The summed E-state index contributed by atoms with van der Waals surface area (Å²) < 4.78 is 83.9. The predicted octanol–water partition coefficient (Wildman–Crippen LogP) is 6.68. The minimum absolute atomic E-state index is 0.0578. The number of methoxy groups -OCH3 is 2. The zero-order valence-electron chi connectivity index (χ0n) is 43.9. The lowest BCUT2D eigenvalue weighted by atomic mass is 9.77. The summed E-state index contributed by atoms with van der Waals surface area (Å²) in [5.41, 5.74) is 8.38. The van der Waals surface area contributed by atoms with Gasteiger partial charge in [-0.1, -0.05) is 69.0 Å². The van der Waals surface area contributed by atoms with Crippen LogP contribution in [-0.2, 0) is 41.6 Å². The van der Waals surface area contributed by atoms with Gasteiger partial charge in [0.1, 0.15) is 11.9 Å². The summed E-state index contributed by atoms with van der Waals surface area (Å²) in [6, 6.07) is 16.6. The Labute approximate surface area is 440 Å². The summed E-state index contributed by atoms with van der Waals surface area (Å²) in [6.07, 6.45) is -2.65. The van der Waals surface area contributed by atoms with Crippen LogP contribution in [-0.4, -0.2) is 140 Å². The number of carbonyl (C=O) groups is 4. The maximum Gasteiger partial charge on any atom is 0.407 e. The van der Waals surface area contributed by atoms with E-state index < -0.39 is 84.3 Å². The number of hydrogen-bond acceptors (Lipinski definition) is 14. The van der Waals surface area contributed by atoms with Crippen molar-refractivity contribution in [2.45, 2.75) is 116 Å². The topological polar surface area (TPSA) is 201 Å². The lowest BCUT2D eigenvalue weighted by Crippen LogP contribution is -2.62. The molecule has 5 N–H and O–H groups in total. The third-order valence-electron chi connectivity index (χ3n) is 14.4. The number of fused-ring (bicyclic) bond motifs is 2. The van der Waals surface area contributed by atoms with Gasteiger partial charge in [-0.05, 0) is 91.5 Å². The number of ketones is 1. The third-order valence-corrected chi connectivity index (χ3v) is 14.4. The van der Waals surface area contributed by atoms with Gasteiger partial charge in [-0.25, -0.2) is 19.8 Å². The molecule has 412 valence electrons. The number of Topliss-reactive ketones (excluding diaryl/α,β-unsaturated/α-hetero) is 1. The molecule has 3 saturated heterocycles. The molecule has 21 heteroatoms. The minimum Gasteiger partial charge on any atom is -0.469 e. The number of hydrazine groups is 1. The number of aromatic nitrogens is 1. The fourth-order valence-corrected chi connectivity index (χ4v) is 9.77. The van der Waals surface area contributed by atoms with Crippen molar-refractivity contribution in [2.24, 2.45) is 33.4 Å². The molecule has 0 saturated carbocycles. The molecular formula is C55H69F5N8O8. The fourth-order valence-electron chi connectivity index (χ4n) is 9.77. The lowest BCUT2D eigenvalue weighted by molar-refractivity contribution is -0.220. The van der Waals surface area contributed by atoms with E-state index in [1.54, 1.807) is 75.5 Å². The number of aliphatic imine (C=N–C) groups is 1. The number of aliphatic hydroxyl groups is 1. The Kier molecular flexibility index (Phi) is 19.8. The standard InChI is InChI=1S/C55H69F5N8O8/c1-53(2,3)43(26-48(71)74-6)50(72)65-67(28-37-14-17-38(18-15-37)44(61)22-23-62-51(56)57)31-46(70)39(25-45(69)49(64-52(73)75-7)54(4,5)55(58,59)60)24-35-11-8-34(9-12-35)10-13-36-16-21-47(63-27-36)66-29-40-19-20-41(30-66)68(40)42-32-76-33-42/h8-9,11-12,14-18,21-23,27,39-43,46,49,51,70H,19-20,24-26,28-33,61H2,1-7H3,(H,64,73)(H,65,72)/t39-,40?,41?,43-,46+,49-/m1/s1. The van der Waals surface area contributed by atoms with Gasteiger partial charge in [0.2, 0.25) is 5.91 Å². The smallest absolute Gasteiger partial charge is 0.407 e. The number of carbonyl (C=O) groups excluding carboxylic acids is 4. The van der Waals surface area contributed by atoms with Gasteiger partial charge in [0.25, 0.3) is 0 Å². The van der Waals surface area contributed by atoms with Crippen molar-refractivity contribution >= 4 is 41.5 Å². The number of aliphatic hydroxyl groups excluding tert-OH is 1. The van der Waals surface area contributed by atoms with E-state index in [9.17, 15) is 46.2 Å². The highest BCUT2D eigenvalue weighted by Gasteiger charge is 2.55. The molecule has 4 heterocycles. The number of esters is 1. The van der Waals surface area contributed by atoms with Crippen LogP contribution in [0.5, 0.6) is 0 Å². The molecule has 2 bridgehead atoms. The summed E-state index contributed by atoms with van der Waals surface area (Å²) in [6.45, 7) is 6.82. The molecule has 0 radical (unpaired) electrons. The second-order valence-electron chi connectivity index (χ2n) is 21.2. The molecule has 2 amide bonds. The van der Waals surface area contributed by atoms with Gasteiger partial charge in [0.15, 0.2) is 5.78 Å². The highest BCUT2D eigenvalue weighted by atomic mass is 19.4. The van der Waals surface area contributed by atoms with Crippen LogP contribution in [0.25, 0.3) is 5.70 Å². The van der Waals surface area contributed by atoms with Crippen molar-refractivity contribution in [3.8, 4) is 11.8 Å². The summed E-state index contributed by atoms with van der Waals surface area (Å²) >= 11 is 0. The number of nitrogens with one attached hydrogen (secondary N) is 2. The second kappa shape index (κ2) is 25.6. The summed E-state index contributed by atoms with van der Waals surface area (Å²) in [5.74, 6) is 2.82. The van der Waals surface area contributed by atoms with Gasteiger partial charge in [0.05, 0.1) is 57.3 Å². The number of hydrogen-bond donors (Lipinski definition) is 4. The first-order valence-corrected chi connectivity index (χ1v) is 25.1. The Balaban J connectivity index is 1.25. The molecule has 6 atom stereocenters. The van der Waals surface area contributed by atoms with Crippen LogP contribution in [0.3, 0.4) is 0 Å². The molecular weight excluding hydrogens is 996 g/mol. The van der Waals surface area contributed by atoms with E-state index >= 15 is 0 Å². The zero-order chi connectivity index (χ0) is 55.5. The molecule has 2 aromatic carbocycles. The molecule has 16 nitrogen and oxygen atoms in total. The molecule has 6 rings (SSSR count). The first-order chi connectivity index (χ1) is 35.9. The second-order valence-corrected chi connectivity index (χ2v) is 21.2. The Bertz CT molecular complexity index is 2580. The van der Waals surface area contributed by atoms with Gasteiger partial charge in [-0.15, -0.1) is 0 Å². The van der Waals surface area contributed by atoms with E-state index in [0.29, 0.717) is 45.9 Å². The van der Waals surface area contributed by atoms with Crippen LogP contribution in [0, 0.1) is 34.5 Å². The molecule has 1 aromatic heterocycles. The summed E-state index contributed by atoms with van der Waals surface area (Å²) in [7, 11) is 2.14. The van der Waals surface area contributed by atoms with E-state index in [1.165, 1.54) is 18.2 Å². The molecule has 76 heavy (non-hydrogen) atoms. The number of nitrogens with two attached hydrogens (primary N) is 1. The van der Waals surface area contributed by atoms with Crippen LogP contribution in [0.1, 0.15) is 88.1 Å². The van der Waals surface area contributed by atoms with E-state index in [-0.39, 0.29) is 25.1 Å². The van der Waals surface area contributed by atoms with Crippen LogP contribution in [0.4, 0.5) is 32.6 Å². The highest BCUT2D eigenvalue weighted by molar-refractivity contribution is 5.89. The quantitative estimate of drug-likeness (QED) is 0.0220. The average Bonchev–Trinajstić information content (AvgIpc) is 3.58. The Morgan fingerprint density at radius 3 is 2.05 bits per heavy atom. The molecule has 0 spiro atoms. The first kappa shape index (κ1) is 58.8. The molecule has 3 aliphatic heterocycles. The lowest BCUT2D eigenvalue weighted by Gasteiger charge is -2.47. The zero-order valence-corrected chi connectivity index (χ0v) is 43.9. The molecule has 3 aromatic rings. The Morgan fingerprint density at radius 2 is 1.51 bits per heavy atom. The van der Waals surface area contributed by atoms with Crippen molar-refractivity contribution in [3.63, 3.8) is 0 Å². The molecule has 3 aliphatic rings. The number of alkyl halides is 5. The Morgan fingerprint density at radius 1 is 0.895 bits per heavy atom. The van der Waals surface area contributed by atoms with Gasteiger partial charge in [-0.3, -0.25) is 24.7 Å². The molecule has 0 aliphatic carbocycles. The predicted molar refractivity (Wildman–Crippen MR) is 275 cm³/mol. The van der Waals surface area contributed by atoms with E-state index in [4.69, 9.17) is 20.2 Å². The normalized spacial score (nSPS) is 19.1. The maximum atomic E-state index is 14.6. The number of alkyl carbamates (subject to hydrolysis) is 1. The number of allylic oxidation sites excluding steroid dienone is 1. The number of benzene rings is 2. The number of nitrogens with zero attached hydrogens (tertiary/aromatic N) is 5. The van der Waals surface area contributed by atoms with Crippen LogP contribution < -0.4 is 21.4 Å². The fraction of sp³-hybridized carbons (Fsp3) is 0.527. The van der Waals surface area contributed by atoms with Crippen molar-refractivity contribution in [2.75, 3.05) is 52.0 Å². The number of halogens is 5. The number of pyridine rings is 1. The highest BCUT2D eigenvalue weighted by Crippen LogP contribution is 2.42. The van der Waals surface area contributed by atoms with E-state index in [2.05, 4.69) is 42.1 Å². The van der Waals surface area contributed by atoms with Gasteiger partial charge in [-0.2, -0.15) is 22.0 Å². The first-order valence-electron chi connectivity index (χ1n) is 25.1. The summed E-state index contributed by atoms with van der Waals surface area (Å²) in [4.78, 5) is 66.0.